The van der Waals surface area contributed by atoms with Crippen molar-refractivity contribution in [3.8, 4) is 5.75 Å². The SMILES string of the molecule is CCCCN1CCN(c2cncc(O[C@H]3CC[C@H](Nc4ccc(N)c(C(F)(F)F)c4)CC3)c2)CC1. The van der Waals surface area contributed by atoms with Gasteiger partial charge in [-0.15, -0.1) is 0 Å². The molecule has 192 valence electrons. The lowest BCUT2D eigenvalue weighted by molar-refractivity contribution is -0.136. The molecule has 0 unspecified atom stereocenters. The molecule has 6 nitrogen and oxygen atoms in total. The third kappa shape index (κ3) is 6.93. The molecular weight excluding hydrogens is 455 g/mol. The first-order valence-corrected chi connectivity index (χ1v) is 12.6. The number of ether oxygens (including phenoxy) is 1. The van der Waals surface area contributed by atoms with E-state index in [0.717, 1.165) is 69.4 Å². The van der Waals surface area contributed by atoms with Crippen LogP contribution in [-0.4, -0.2) is 54.8 Å². The molecule has 0 radical (unpaired) electrons. The van der Waals surface area contributed by atoms with E-state index in [-0.39, 0.29) is 17.8 Å². The van der Waals surface area contributed by atoms with Crippen LogP contribution in [-0.2, 0) is 6.18 Å². The lowest BCUT2D eigenvalue weighted by Gasteiger charge is -2.36. The Morgan fingerprint density at radius 1 is 1.06 bits per heavy atom. The number of nitrogens with two attached hydrogens (primary N) is 1. The highest BCUT2D eigenvalue weighted by molar-refractivity contribution is 5.58. The summed E-state index contributed by atoms with van der Waals surface area (Å²) in [6.07, 6.45) is 5.06. The molecule has 2 heterocycles. The summed E-state index contributed by atoms with van der Waals surface area (Å²) in [6, 6.07) is 6.19. The normalized spacial score (nSPS) is 21.7. The monoisotopic (exact) mass is 491 g/mol. The number of anilines is 3. The molecule has 1 saturated heterocycles. The fourth-order valence-corrected chi connectivity index (χ4v) is 4.90. The van der Waals surface area contributed by atoms with Crippen molar-refractivity contribution in [3.63, 3.8) is 0 Å². The van der Waals surface area contributed by atoms with Gasteiger partial charge in [0.2, 0.25) is 0 Å². The molecule has 1 aliphatic heterocycles. The van der Waals surface area contributed by atoms with E-state index in [4.69, 9.17) is 10.5 Å². The van der Waals surface area contributed by atoms with E-state index < -0.39 is 11.7 Å². The molecule has 1 aromatic carbocycles. The van der Waals surface area contributed by atoms with Crippen LogP contribution in [0.25, 0.3) is 0 Å². The summed E-state index contributed by atoms with van der Waals surface area (Å²) < 4.78 is 45.7. The summed E-state index contributed by atoms with van der Waals surface area (Å²) in [5, 5.41) is 3.24. The Hall–Kier alpha value is -2.68. The van der Waals surface area contributed by atoms with Gasteiger partial charge >= 0.3 is 6.18 Å². The van der Waals surface area contributed by atoms with Gasteiger partial charge in [-0.05, 0) is 56.8 Å². The van der Waals surface area contributed by atoms with E-state index in [9.17, 15) is 13.2 Å². The first kappa shape index (κ1) is 25.4. The summed E-state index contributed by atoms with van der Waals surface area (Å²) in [6.45, 7) is 7.52. The van der Waals surface area contributed by atoms with Gasteiger partial charge in [0.05, 0.1) is 29.7 Å². The van der Waals surface area contributed by atoms with Crippen LogP contribution in [0.3, 0.4) is 0 Å². The van der Waals surface area contributed by atoms with Crippen LogP contribution < -0.4 is 20.7 Å². The van der Waals surface area contributed by atoms with Crippen LogP contribution in [0.4, 0.5) is 30.2 Å². The van der Waals surface area contributed by atoms with E-state index in [2.05, 4.69) is 33.1 Å². The van der Waals surface area contributed by atoms with Gasteiger partial charge in [0.1, 0.15) is 5.75 Å². The maximum atomic E-state index is 13.1. The number of pyridine rings is 1. The molecule has 2 fully saturated rings. The second kappa shape index (κ2) is 11.4. The lowest BCUT2D eigenvalue weighted by Crippen LogP contribution is -2.46. The molecule has 0 amide bonds. The van der Waals surface area contributed by atoms with Crippen molar-refractivity contribution in [1.82, 2.24) is 9.88 Å². The van der Waals surface area contributed by atoms with Crippen LogP contribution in [0, 0.1) is 0 Å². The second-order valence-corrected chi connectivity index (χ2v) is 9.60. The average molecular weight is 492 g/mol. The number of nitrogens with one attached hydrogen (secondary N) is 1. The molecule has 1 aliphatic carbocycles. The minimum absolute atomic E-state index is 0.0770. The summed E-state index contributed by atoms with van der Waals surface area (Å²) in [4.78, 5) is 9.29. The molecular formula is C26H36F3N5O. The fraction of sp³-hybridized carbons (Fsp3) is 0.577. The first-order chi connectivity index (χ1) is 16.8. The standard InChI is InChI=1S/C26H36F3N5O/c1-2-3-10-33-11-13-34(14-12-33)21-16-23(18-31-17-21)35-22-7-4-19(5-8-22)32-20-6-9-25(30)24(15-20)26(27,28)29/h6,9,15-19,22,32H,2-5,7-8,10-14,30H2,1H3/t19-,22-. The predicted molar refractivity (Wildman–Crippen MR) is 134 cm³/mol. The number of hydrogen-bond acceptors (Lipinski definition) is 6. The van der Waals surface area contributed by atoms with Crippen LogP contribution >= 0.6 is 0 Å². The Morgan fingerprint density at radius 3 is 2.49 bits per heavy atom. The van der Waals surface area contributed by atoms with Crippen molar-refractivity contribution in [2.24, 2.45) is 0 Å². The number of alkyl halides is 3. The number of rotatable bonds is 8. The van der Waals surface area contributed by atoms with Crippen LogP contribution in [0.1, 0.15) is 51.0 Å². The number of hydrogen-bond donors (Lipinski definition) is 2. The van der Waals surface area contributed by atoms with E-state index in [1.807, 2.05) is 6.20 Å². The summed E-state index contributed by atoms with van der Waals surface area (Å²) in [5.41, 5.74) is 6.00. The van der Waals surface area contributed by atoms with E-state index >= 15 is 0 Å². The first-order valence-electron chi connectivity index (χ1n) is 12.6. The summed E-state index contributed by atoms with van der Waals surface area (Å²) in [5.74, 6) is 0.778. The van der Waals surface area contributed by atoms with Gasteiger partial charge in [-0.2, -0.15) is 13.2 Å². The summed E-state index contributed by atoms with van der Waals surface area (Å²) >= 11 is 0. The Balaban J connectivity index is 1.26. The smallest absolute Gasteiger partial charge is 0.418 e. The molecule has 1 saturated carbocycles. The van der Waals surface area contributed by atoms with Gasteiger partial charge in [0, 0.05) is 49.7 Å². The number of nitrogens with zero attached hydrogens (tertiary/aromatic N) is 3. The number of nitrogen functional groups attached to an aromatic ring is 1. The van der Waals surface area contributed by atoms with Crippen molar-refractivity contribution in [2.75, 3.05) is 48.7 Å². The molecule has 2 aliphatic rings. The van der Waals surface area contributed by atoms with Gasteiger partial charge in [0.15, 0.2) is 0 Å². The van der Waals surface area contributed by atoms with E-state index in [1.54, 1.807) is 12.3 Å². The van der Waals surface area contributed by atoms with E-state index in [1.165, 1.54) is 25.5 Å². The number of aromatic nitrogens is 1. The van der Waals surface area contributed by atoms with Gasteiger partial charge in [-0.3, -0.25) is 9.88 Å². The average Bonchev–Trinajstić information content (AvgIpc) is 2.85. The molecule has 0 bridgehead atoms. The number of piperazine rings is 1. The van der Waals surface area contributed by atoms with Crippen LogP contribution in [0.15, 0.2) is 36.7 Å². The Kier molecular flexibility index (Phi) is 8.26. The maximum absolute atomic E-state index is 13.1. The molecule has 35 heavy (non-hydrogen) atoms. The van der Waals surface area contributed by atoms with Crippen molar-refractivity contribution in [2.45, 2.75) is 63.8 Å². The van der Waals surface area contributed by atoms with Crippen LogP contribution in [0.5, 0.6) is 5.75 Å². The molecule has 4 rings (SSSR count). The molecule has 9 heteroatoms. The zero-order valence-electron chi connectivity index (χ0n) is 20.4. The highest BCUT2D eigenvalue weighted by atomic mass is 19.4. The van der Waals surface area contributed by atoms with Gasteiger partial charge in [-0.1, -0.05) is 13.3 Å². The largest absolute Gasteiger partial charge is 0.489 e. The Bertz CT molecular complexity index is 954. The van der Waals surface area contributed by atoms with Gasteiger partial charge in [0.25, 0.3) is 0 Å². The highest BCUT2D eigenvalue weighted by Crippen LogP contribution is 2.36. The van der Waals surface area contributed by atoms with Crippen molar-refractivity contribution in [3.05, 3.63) is 42.2 Å². The molecule has 0 spiro atoms. The van der Waals surface area contributed by atoms with Gasteiger partial charge < -0.3 is 20.7 Å². The zero-order valence-corrected chi connectivity index (χ0v) is 20.4. The number of benzene rings is 1. The van der Waals surface area contributed by atoms with Crippen molar-refractivity contribution < 1.29 is 17.9 Å². The second-order valence-electron chi connectivity index (χ2n) is 9.60. The lowest BCUT2D eigenvalue weighted by atomic mass is 9.92. The number of unbranched alkanes of at least 4 members (excludes halogenated alkanes) is 1. The third-order valence-corrected chi connectivity index (χ3v) is 6.97. The molecule has 2 aromatic rings. The maximum Gasteiger partial charge on any atom is 0.418 e. The van der Waals surface area contributed by atoms with Crippen molar-refractivity contribution >= 4 is 17.1 Å². The minimum Gasteiger partial charge on any atom is -0.489 e. The Morgan fingerprint density at radius 2 is 1.80 bits per heavy atom. The zero-order chi connectivity index (χ0) is 24.8. The number of halogens is 3. The van der Waals surface area contributed by atoms with Gasteiger partial charge in [-0.25, -0.2) is 0 Å². The summed E-state index contributed by atoms with van der Waals surface area (Å²) in [7, 11) is 0. The topological polar surface area (TPSA) is 66.7 Å². The third-order valence-electron chi connectivity index (χ3n) is 6.97. The molecule has 1 aromatic heterocycles. The minimum atomic E-state index is -4.46. The Labute approximate surface area is 205 Å². The fourth-order valence-electron chi connectivity index (χ4n) is 4.90. The van der Waals surface area contributed by atoms with Crippen LogP contribution in [0.2, 0.25) is 0 Å². The van der Waals surface area contributed by atoms with E-state index in [0.29, 0.717) is 5.69 Å². The predicted octanol–water partition coefficient (Wildman–Crippen LogP) is 5.41. The van der Waals surface area contributed by atoms with Crippen molar-refractivity contribution in [1.29, 1.82) is 0 Å². The molecule has 0 atom stereocenters. The highest BCUT2D eigenvalue weighted by Gasteiger charge is 2.33. The quantitative estimate of drug-likeness (QED) is 0.482. The molecule has 3 N–H and O–H groups in total.